The van der Waals surface area contributed by atoms with E-state index in [-0.39, 0.29) is 24.0 Å². The first-order valence-electron chi connectivity index (χ1n) is 9.55. The highest BCUT2D eigenvalue weighted by atomic mass is 127. The van der Waals surface area contributed by atoms with Crippen LogP contribution in [0.5, 0.6) is 11.5 Å². The van der Waals surface area contributed by atoms with Gasteiger partial charge in [-0.05, 0) is 49.4 Å². The van der Waals surface area contributed by atoms with Crippen molar-refractivity contribution in [2.75, 3.05) is 33.9 Å². The lowest BCUT2D eigenvalue weighted by Crippen LogP contribution is -2.38. The molecule has 0 aromatic heterocycles. The molecular formula is C22H32IN3O2. The lowest BCUT2D eigenvalue weighted by molar-refractivity contribution is 0.310. The molecule has 0 saturated carbocycles. The van der Waals surface area contributed by atoms with Crippen molar-refractivity contribution in [3.05, 3.63) is 59.7 Å². The highest BCUT2D eigenvalue weighted by Crippen LogP contribution is 2.28. The van der Waals surface area contributed by atoms with E-state index in [2.05, 4.69) is 52.0 Å². The Hall–Kier alpha value is -1.96. The molecule has 2 N–H and O–H groups in total. The molecule has 0 amide bonds. The lowest BCUT2D eigenvalue weighted by Gasteiger charge is -2.13. The number of aryl methyl sites for hydroxylation is 1. The molecule has 2 aromatic carbocycles. The van der Waals surface area contributed by atoms with Gasteiger partial charge in [-0.2, -0.15) is 0 Å². The van der Waals surface area contributed by atoms with Crippen LogP contribution in [0.1, 0.15) is 24.5 Å². The number of benzene rings is 2. The summed E-state index contributed by atoms with van der Waals surface area (Å²) in [7, 11) is 3.47. The van der Waals surface area contributed by atoms with Gasteiger partial charge in [0.05, 0.1) is 13.7 Å². The van der Waals surface area contributed by atoms with E-state index in [9.17, 15) is 0 Å². The fourth-order valence-corrected chi connectivity index (χ4v) is 2.83. The number of rotatable bonds is 10. The summed E-state index contributed by atoms with van der Waals surface area (Å²) >= 11 is 0. The first kappa shape index (κ1) is 24.1. The molecule has 2 rings (SSSR count). The number of nitrogens with zero attached hydrogens (tertiary/aromatic N) is 1. The monoisotopic (exact) mass is 497 g/mol. The standard InChI is InChI=1S/C22H31N3O2.HI/c1-4-27-21-17-19(12-13-20(21)26-3)11-8-15-24-22(23-2)25-16-14-18-9-6-5-7-10-18;/h5-7,9-10,12-13,17H,4,8,11,14-16H2,1-3H3,(H2,23,24,25);1H. The zero-order valence-electron chi connectivity index (χ0n) is 17.0. The van der Waals surface area contributed by atoms with Crippen LogP contribution in [-0.4, -0.2) is 39.8 Å². The molecule has 28 heavy (non-hydrogen) atoms. The molecule has 0 unspecified atom stereocenters. The second-order valence-electron chi connectivity index (χ2n) is 6.18. The SMILES string of the molecule is CCOc1cc(CCCNC(=NC)NCCc2ccccc2)ccc1OC.I. The Balaban J connectivity index is 0.00000392. The number of ether oxygens (including phenoxy) is 2. The molecule has 0 spiro atoms. The minimum absolute atomic E-state index is 0. The first-order chi connectivity index (χ1) is 13.3. The van der Waals surface area contributed by atoms with Crippen LogP contribution in [0.2, 0.25) is 0 Å². The van der Waals surface area contributed by atoms with Crippen molar-refractivity contribution in [1.82, 2.24) is 10.6 Å². The van der Waals surface area contributed by atoms with Crippen molar-refractivity contribution in [3.63, 3.8) is 0 Å². The highest BCUT2D eigenvalue weighted by molar-refractivity contribution is 14.0. The topological polar surface area (TPSA) is 54.9 Å². The predicted octanol–water partition coefficient (Wildman–Crippen LogP) is 4.05. The molecule has 154 valence electrons. The third-order valence-corrected chi connectivity index (χ3v) is 4.24. The van der Waals surface area contributed by atoms with Gasteiger partial charge in [0, 0.05) is 20.1 Å². The first-order valence-corrected chi connectivity index (χ1v) is 9.55. The molecular weight excluding hydrogens is 465 g/mol. The van der Waals surface area contributed by atoms with Crippen LogP contribution < -0.4 is 20.1 Å². The highest BCUT2D eigenvalue weighted by Gasteiger charge is 2.05. The Morgan fingerprint density at radius 1 is 0.929 bits per heavy atom. The minimum Gasteiger partial charge on any atom is -0.493 e. The molecule has 0 saturated heterocycles. The van der Waals surface area contributed by atoms with E-state index in [1.54, 1.807) is 14.2 Å². The quantitative estimate of drug-likeness (QED) is 0.225. The molecule has 0 aliphatic carbocycles. The average Bonchev–Trinajstić information content (AvgIpc) is 2.71. The molecule has 0 radical (unpaired) electrons. The molecule has 0 fully saturated rings. The van der Waals surface area contributed by atoms with Gasteiger partial charge in [0.2, 0.25) is 0 Å². The number of aliphatic imine (C=N–C) groups is 1. The van der Waals surface area contributed by atoms with Crippen LogP contribution in [0.15, 0.2) is 53.5 Å². The molecule has 6 heteroatoms. The van der Waals surface area contributed by atoms with Gasteiger partial charge in [0.25, 0.3) is 0 Å². The van der Waals surface area contributed by atoms with Gasteiger partial charge in [-0.15, -0.1) is 24.0 Å². The van der Waals surface area contributed by atoms with Crippen molar-refractivity contribution in [3.8, 4) is 11.5 Å². The van der Waals surface area contributed by atoms with Gasteiger partial charge >= 0.3 is 0 Å². The molecule has 0 atom stereocenters. The van der Waals surface area contributed by atoms with Crippen molar-refractivity contribution >= 4 is 29.9 Å². The van der Waals surface area contributed by atoms with Gasteiger partial charge in [0.1, 0.15) is 0 Å². The summed E-state index contributed by atoms with van der Waals surface area (Å²) < 4.78 is 11.0. The summed E-state index contributed by atoms with van der Waals surface area (Å²) in [5, 5.41) is 6.73. The van der Waals surface area contributed by atoms with Crippen LogP contribution in [0.25, 0.3) is 0 Å². The number of hydrogen-bond donors (Lipinski definition) is 2. The molecule has 0 aliphatic heterocycles. The minimum atomic E-state index is 0. The van der Waals surface area contributed by atoms with E-state index >= 15 is 0 Å². The zero-order chi connectivity index (χ0) is 19.3. The maximum atomic E-state index is 5.64. The third kappa shape index (κ3) is 8.37. The Kier molecular flexibility index (Phi) is 12.1. The Labute approximate surface area is 186 Å². The van der Waals surface area contributed by atoms with E-state index in [4.69, 9.17) is 9.47 Å². The van der Waals surface area contributed by atoms with Crippen molar-refractivity contribution in [1.29, 1.82) is 0 Å². The van der Waals surface area contributed by atoms with Gasteiger partial charge < -0.3 is 20.1 Å². The van der Waals surface area contributed by atoms with E-state index in [0.717, 1.165) is 49.8 Å². The van der Waals surface area contributed by atoms with Gasteiger partial charge in [-0.1, -0.05) is 36.4 Å². The van der Waals surface area contributed by atoms with Crippen LogP contribution in [0.3, 0.4) is 0 Å². The molecule has 0 bridgehead atoms. The number of guanidine groups is 1. The third-order valence-electron chi connectivity index (χ3n) is 4.24. The summed E-state index contributed by atoms with van der Waals surface area (Å²) in [5.41, 5.74) is 2.57. The van der Waals surface area contributed by atoms with Gasteiger partial charge in [0.15, 0.2) is 17.5 Å². The number of nitrogens with one attached hydrogen (secondary N) is 2. The Morgan fingerprint density at radius 3 is 2.36 bits per heavy atom. The summed E-state index contributed by atoms with van der Waals surface area (Å²) in [6, 6.07) is 16.6. The maximum Gasteiger partial charge on any atom is 0.190 e. The summed E-state index contributed by atoms with van der Waals surface area (Å²) in [4.78, 5) is 4.28. The number of halogens is 1. The fourth-order valence-electron chi connectivity index (χ4n) is 2.83. The Morgan fingerprint density at radius 2 is 1.68 bits per heavy atom. The summed E-state index contributed by atoms with van der Waals surface area (Å²) in [6.45, 7) is 4.33. The molecule has 0 aliphatic rings. The Bertz CT molecular complexity index is 708. The van der Waals surface area contributed by atoms with Gasteiger partial charge in [-0.3, -0.25) is 4.99 Å². The second kappa shape index (κ2) is 14.1. The normalized spacial score (nSPS) is 10.8. The lowest BCUT2D eigenvalue weighted by atomic mass is 10.1. The smallest absolute Gasteiger partial charge is 0.190 e. The molecule has 0 heterocycles. The van der Waals surface area contributed by atoms with Crippen LogP contribution in [0.4, 0.5) is 0 Å². The van der Waals surface area contributed by atoms with Crippen molar-refractivity contribution in [2.45, 2.75) is 26.2 Å². The largest absolute Gasteiger partial charge is 0.493 e. The number of methoxy groups -OCH3 is 1. The zero-order valence-corrected chi connectivity index (χ0v) is 19.4. The van der Waals surface area contributed by atoms with Crippen molar-refractivity contribution < 1.29 is 9.47 Å². The summed E-state index contributed by atoms with van der Waals surface area (Å²) in [5.74, 6) is 2.43. The number of hydrogen-bond acceptors (Lipinski definition) is 3. The second-order valence-corrected chi connectivity index (χ2v) is 6.18. The fraction of sp³-hybridized carbons (Fsp3) is 0.409. The van der Waals surface area contributed by atoms with Gasteiger partial charge in [-0.25, -0.2) is 0 Å². The van der Waals surface area contributed by atoms with Crippen LogP contribution in [0, 0.1) is 0 Å². The summed E-state index contributed by atoms with van der Waals surface area (Å²) in [6.07, 6.45) is 2.96. The van der Waals surface area contributed by atoms with Crippen molar-refractivity contribution in [2.24, 2.45) is 4.99 Å². The average molecular weight is 497 g/mol. The van der Waals surface area contributed by atoms with E-state index in [0.29, 0.717) is 6.61 Å². The van der Waals surface area contributed by atoms with Crippen LogP contribution in [-0.2, 0) is 12.8 Å². The molecule has 2 aromatic rings. The van der Waals surface area contributed by atoms with Crippen LogP contribution >= 0.6 is 24.0 Å². The molecule has 5 nitrogen and oxygen atoms in total. The predicted molar refractivity (Wildman–Crippen MR) is 127 cm³/mol. The van der Waals surface area contributed by atoms with E-state index in [1.165, 1.54) is 11.1 Å². The maximum absolute atomic E-state index is 5.64. The van der Waals surface area contributed by atoms with E-state index < -0.39 is 0 Å². The van der Waals surface area contributed by atoms with E-state index in [1.807, 2.05) is 19.1 Å².